The summed E-state index contributed by atoms with van der Waals surface area (Å²) in [4.78, 5) is 0. The average molecular weight is 302 g/mol. The maximum Gasteiger partial charge on any atom is 0.0479 e. The van der Waals surface area contributed by atoms with E-state index in [-0.39, 0.29) is 0 Å². The van der Waals surface area contributed by atoms with Gasteiger partial charge in [0.05, 0.1) is 0 Å². The summed E-state index contributed by atoms with van der Waals surface area (Å²) in [5.74, 6) is 0. The Morgan fingerprint density at radius 2 is 1.18 bits per heavy atom. The maximum absolute atomic E-state index is 5.09. The molecule has 0 saturated heterocycles. The molecule has 120 valence electrons. The number of hydrogen-bond acceptors (Lipinski definition) is 4. The summed E-state index contributed by atoms with van der Waals surface area (Å²) in [5, 5.41) is 9.49. The highest BCUT2D eigenvalue weighted by Crippen LogP contribution is 2.29. The molecule has 2 rings (SSSR count). The first-order chi connectivity index (χ1) is 10.9. The third kappa shape index (κ3) is 4.61. The van der Waals surface area contributed by atoms with Gasteiger partial charge in [0.1, 0.15) is 0 Å². The van der Waals surface area contributed by atoms with E-state index in [0.29, 0.717) is 0 Å². The predicted octanol–water partition coefficient (Wildman–Crippen LogP) is 3.74. The van der Waals surface area contributed by atoms with Gasteiger partial charge in [0.15, 0.2) is 0 Å². The summed E-state index contributed by atoms with van der Waals surface area (Å²) in [5.41, 5.74) is 2.35. The molecular weight excluding hydrogens is 276 g/mol. The van der Waals surface area contributed by atoms with Crippen molar-refractivity contribution in [3.63, 3.8) is 0 Å². The molecule has 0 amide bonds. The molecular formula is C18H26N2O2. The van der Waals surface area contributed by atoms with Crippen LogP contribution in [-0.4, -0.2) is 40.5 Å². The molecule has 0 bridgehead atoms. The summed E-state index contributed by atoms with van der Waals surface area (Å²) >= 11 is 0. The van der Waals surface area contributed by atoms with E-state index in [2.05, 4.69) is 47.0 Å². The smallest absolute Gasteiger partial charge is 0.0479 e. The van der Waals surface area contributed by atoms with E-state index < -0.39 is 0 Å². The molecule has 2 N–H and O–H groups in total. The summed E-state index contributed by atoms with van der Waals surface area (Å²) in [6.07, 6.45) is 2.00. The zero-order chi connectivity index (χ0) is 15.6. The predicted molar refractivity (Wildman–Crippen MR) is 93.9 cm³/mol. The zero-order valence-corrected chi connectivity index (χ0v) is 13.5. The number of fused-ring (bicyclic) bond motifs is 1. The molecule has 4 nitrogen and oxygen atoms in total. The van der Waals surface area contributed by atoms with E-state index >= 15 is 0 Å². The van der Waals surface area contributed by atoms with E-state index in [1.165, 1.54) is 22.1 Å². The molecule has 0 heterocycles. The van der Waals surface area contributed by atoms with Crippen molar-refractivity contribution in [1.82, 2.24) is 0 Å². The van der Waals surface area contributed by atoms with Crippen LogP contribution >= 0.6 is 0 Å². The van der Waals surface area contributed by atoms with Crippen LogP contribution in [0.1, 0.15) is 12.8 Å². The highest BCUT2D eigenvalue weighted by Gasteiger charge is 2.04. The Morgan fingerprint density at radius 3 is 1.59 bits per heavy atom. The minimum atomic E-state index is 0.782. The van der Waals surface area contributed by atoms with Crippen LogP contribution in [0, 0.1) is 0 Å². The van der Waals surface area contributed by atoms with Crippen LogP contribution in [0.5, 0.6) is 0 Å². The van der Waals surface area contributed by atoms with Gasteiger partial charge in [-0.05, 0) is 25.0 Å². The standard InChI is InChI=1S/C18H26N2O2/c1-21-13-5-11-19-17-9-3-8-16-15(17)7-4-10-18(16)20-12-6-14-22-2/h3-4,7-10,19-20H,5-6,11-14H2,1-2H3. The van der Waals surface area contributed by atoms with Crippen molar-refractivity contribution in [1.29, 1.82) is 0 Å². The Morgan fingerprint density at radius 1 is 0.727 bits per heavy atom. The summed E-state index contributed by atoms with van der Waals surface area (Å²) in [6, 6.07) is 12.8. The van der Waals surface area contributed by atoms with Gasteiger partial charge in [0, 0.05) is 62.7 Å². The van der Waals surface area contributed by atoms with Gasteiger partial charge < -0.3 is 20.1 Å². The van der Waals surface area contributed by atoms with Crippen LogP contribution in [0.4, 0.5) is 11.4 Å². The SMILES string of the molecule is COCCCNc1cccc2c(NCCCOC)cccc12. The fraction of sp³-hybridized carbons (Fsp3) is 0.444. The van der Waals surface area contributed by atoms with Crippen LogP contribution < -0.4 is 10.6 Å². The van der Waals surface area contributed by atoms with Gasteiger partial charge in [0.25, 0.3) is 0 Å². The van der Waals surface area contributed by atoms with Crippen molar-refractivity contribution in [2.24, 2.45) is 0 Å². The van der Waals surface area contributed by atoms with Crippen molar-refractivity contribution in [2.45, 2.75) is 12.8 Å². The van der Waals surface area contributed by atoms with Gasteiger partial charge in [-0.15, -0.1) is 0 Å². The zero-order valence-electron chi connectivity index (χ0n) is 13.5. The van der Waals surface area contributed by atoms with Crippen LogP contribution in [0.25, 0.3) is 10.8 Å². The second kappa shape index (κ2) is 9.28. The highest BCUT2D eigenvalue weighted by molar-refractivity contribution is 6.01. The first-order valence-electron chi connectivity index (χ1n) is 7.84. The summed E-state index contributed by atoms with van der Waals surface area (Å²) < 4.78 is 10.2. The van der Waals surface area contributed by atoms with E-state index in [1.807, 2.05) is 0 Å². The number of benzene rings is 2. The fourth-order valence-corrected chi connectivity index (χ4v) is 2.50. The Bertz CT molecular complexity index is 521. The van der Waals surface area contributed by atoms with Gasteiger partial charge >= 0.3 is 0 Å². The van der Waals surface area contributed by atoms with E-state index in [9.17, 15) is 0 Å². The summed E-state index contributed by atoms with van der Waals surface area (Å²) in [7, 11) is 3.47. The van der Waals surface area contributed by atoms with E-state index in [1.54, 1.807) is 14.2 Å². The lowest BCUT2D eigenvalue weighted by atomic mass is 10.1. The molecule has 0 saturated carbocycles. The van der Waals surface area contributed by atoms with Crippen LogP contribution in [0.15, 0.2) is 36.4 Å². The number of hydrogen-bond donors (Lipinski definition) is 2. The highest BCUT2D eigenvalue weighted by atomic mass is 16.5. The molecule has 2 aromatic rings. The van der Waals surface area contributed by atoms with Crippen molar-refractivity contribution >= 4 is 22.1 Å². The average Bonchev–Trinajstić information content (AvgIpc) is 2.56. The molecule has 0 spiro atoms. The lowest BCUT2D eigenvalue weighted by molar-refractivity contribution is 0.197. The van der Waals surface area contributed by atoms with Crippen LogP contribution in [0.3, 0.4) is 0 Å². The molecule has 0 aliphatic rings. The Kier molecular flexibility index (Phi) is 7.00. The molecule has 0 atom stereocenters. The molecule has 0 aliphatic heterocycles. The molecule has 4 heteroatoms. The quantitative estimate of drug-likeness (QED) is 0.656. The topological polar surface area (TPSA) is 42.5 Å². The van der Waals surface area contributed by atoms with Crippen molar-refractivity contribution in [3.05, 3.63) is 36.4 Å². The van der Waals surface area contributed by atoms with Gasteiger partial charge in [-0.2, -0.15) is 0 Å². The number of methoxy groups -OCH3 is 2. The first kappa shape index (κ1) is 16.6. The van der Waals surface area contributed by atoms with Crippen LogP contribution in [-0.2, 0) is 9.47 Å². The van der Waals surface area contributed by atoms with Crippen molar-refractivity contribution in [2.75, 3.05) is 51.2 Å². The first-order valence-corrected chi connectivity index (χ1v) is 7.84. The monoisotopic (exact) mass is 302 g/mol. The number of rotatable bonds is 10. The van der Waals surface area contributed by atoms with Crippen molar-refractivity contribution < 1.29 is 9.47 Å². The second-order valence-electron chi connectivity index (χ2n) is 5.25. The van der Waals surface area contributed by atoms with E-state index in [4.69, 9.17) is 9.47 Å². The van der Waals surface area contributed by atoms with E-state index in [0.717, 1.165) is 39.1 Å². The Hall–Kier alpha value is -1.78. The third-order valence-electron chi connectivity index (χ3n) is 3.60. The molecule has 0 aliphatic carbocycles. The van der Waals surface area contributed by atoms with Crippen LogP contribution in [0.2, 0.25) is 0 Å². The lowest BCUT2D eigenvalue weighted by Crippen LogP contribution is -2.06. The molecule has 0 radical (unpaired) electrons. The molecule has 22 heavy (non-hydrogen) atoms. The maximum atomic E-state index is 5.09. The third-order valence-corrected chi connectivity index (χ3v) is 3.60. The fourth-order valence-electron chi connectivity index (χ4n) is 2.50. The van der Waals surface area contributed by atoms with Crippen molar-refractivity contribution in [3.8, 4) is 0 Å². The lowest BCUT2D eigenvalue weighted by Gasteiger charge is -2.13. The second-order valence-corrected chi connectivity index (χ2v) is 5.25. The Balaban J connectivity index is 2.08. The number of nitrogens with one attached hydrogen (secondary N) is 2. The Labute approximate surface area is 132 Å². The van der Waals surface area contributed by atoms with Gasteiger partial charge in [-0.1, -0.05) is 24.3 Å². The molecule has 0 fully saturated rings. The number of anilines is 2. The minimum Gasteiger partial charge on any atom is -0.385 e. The number of ether oxygens (including phenoxy) is 2. The summed E-state index contributed by atoms with van der Waals surface area (Å²) in [6.45, 7) is 3.39. The normalized spacial score (nSPS) is 10.8. The molecule has 0 unspecified atom stereocenters. The van der Waals surface area contributed by atoms with Gasteiger partial charge in [-0.3, -0.25) is 0 Å². The molecule has 2 aromatic carbocycles. The molecule has 0 aromatic heterocycles. The minimum absolute atomic E-state index is 0.782. The largest absolute Gasteiger partial charge is 0.385 e. The van der Waals surface area contributed by atoms with Gasteiger partial charge in [-0.25, -0.2) is 0 Å². The van der Waals surface area contributed by atoms with Gasteiger partial charge in [0.2, 0.25) is 0 Å².